The smallest absolute Gasteiger partial charge is 0.316 e. The van der Waals surface area contributed by atoms with Crippen LogP contribution in [0.25, 0.3) is 0 Å². The van der Waals surface area contributed by atoms with Gasteiger partial charge in [0.1, 0.15) is 11.7 Å². The number of nitrogens with one attached hydrogen (secondary N) is 1. The Labute approximate surface area is 140 Å². The molecule has 0 aromatic carbocycles. The highest BCUT2D eigenvalue weighted by Crippen LogP contribution is 2.23. The van der Waals surface area contributed by atoms with Gasteiger partial charge in [-0.2, -0.15) is 0 Å². The van der Waals surface area contributed by atoms with Crippen molar-refractivity contribution < 1.29 is 14.3 Å². The minimum Gasteiger partial charge on any atom is -0.479 e. The first-order valence-electron chi connectivity index (χ1n) is 7.98. The fourth-order valence-electron chi connectivity index (χ4n) is 2.86. The van der Waals surface area contributed by atoms with Crippen LogP contribution < -0.4 is 14.8 Å². The van der Waals surface area contributed by atoms with E-state index < -0.39 is 0 Å². The molecule has 1 amide bonds. The first kappa shape index (κ1) is 16.2. The van der Waals surface area contributed by atoms with E-state index in [1.54, 1.807) is 36.4 Å². The van der Waals surface area contributed by atoms with Gasteiger partial charge in [-0.1, -0.05) is 0 Å². The molecule has 0 aliphatic heterocycles. The average Bonchev–Trinajstić information content (AvgIpc) is 2.99. The van der Waals surface area contributed by atoms with E-state index in [2.05, 4.69) is 20.4 Å². The minimum absolute atomic E-state index is 0.0912. The van der Waals surface area contributed by atoms with Crippen molar-refractivity contribution in [1.29, 1.82) is 0 Å². The topological polar surface area (TPSA) is 91.2 Å². The lowest BCUT2D eigenvalue weighted by atomic mass is 9.93. The second-order valence-electron chi connectivity index (χ2n) is 5.82. The Balaban J connectivity index is 1.51. The third kappa shape index (κ3) is 3.81. The van der Waals surface area contributed by atoms with E-state index in [-0.39, 0.29) is 18.1 Å². The number of rotatable bonds is 5. The molecule has 2 aromatic rings. The maximum atomic E-state index is 12.4. The van der Waals surface area contributed by atoms with E-state index in [0.29, 0.717) is 17.5 Å². The van der Waals surface area contributed by atoms with E-state index in [1.165, 1.54) is 7.11 Å². The predicted molar refractivity (Wildman–Crippen MR) is 85.9 cm³/mol. The summed E-state index contributed by atoms with van der Waals surface area (Å²) < 4.78 is 12.5. The second kappa shape index (κ2) is 7.29. The highest BCUT2D eigenvalue weighted by Gasteiger charge is 2.26. The van der Waals surface area contributed by atoms with Crippen LogP contribution in [-0.2, 0) is 7.05 Å². The Kier molecular flexibility index (Phi) is 4.93. The molecular formula is C16H21N5O3. The number of nitrogens with zero attached hydrogens (tertiary/aromatic N) is 4. The van der Waals surface area contributed by atoms with Gasteiger partial charge in [0, 0.05) is 31.7 Å². The molecule has 24 heavy (non-hydrogen) atoms. The van der Waals surface area contributed by atoms with Crippen LogP contribution in [-0.4, -0.2) is 44.9 Å². The summed E-state index contributed by atoms with van der Waals surface area (Å²) >= 11 is 0. The van der Waals surface area contributed by atoms with Gasteiger partial charge in [-0.05, 0) is 31.7 Å². The summed E-state index contributed by atoms with van der Waals surface area (Å²) in [5.74, 6) is 0.184. The van der Waals surface area contributed by atoms with E-state index in [4.69, 9.17) is 9.47 Å². The van der Waals surface area contributed by atoms with Crippen LogP contribution >= 0.6 is 0 Å². The Morgan fingerprint density at radius 3 is 2.62 bits per heavy atom. The zero-order chi connectivity index (χ0) is 16.9. The number of methoxy groups -OCH3 is 1. The molecule has 3 rings (SSSR count). The molecule has 0 atom stereocenters. The van der Waals surface area contributed by atoms with Crippen molar-refractivity contribution in [2.75, 3.05) is 7.11 Å². The van der Waals surface area contributed by atoms with Crippen molar-refractivity contribution >= 4 is 5.91 Å². The SMILES string of the molecule is COc1nn(C)cc1C(=O)NC1CCC(Oc2ncccn2)CC1. The van der Waals surface area contributed by atoms with Gasteiger partial charge in [0.05, 0.1) is 7.11 Å². The molecule has 1 aliphatic rings. The monoisotopic (exact) mass is 331 g/mol. The molecule has 1 N–H and O–H groups in total. The number of aromatic nitrogens is 4. The van der Waals surface area contributed by atoms with Gasteiger partial charge >= 0.3 is 6.01 Å². The summed E-state index contributed by atoms with van der Waals surface area (Å²) in [7, 11) is 3.26. The summed E-state index contributed by atoms with van der Waals surface area (Å²) in [5.41, 5.74) is 0.455. The van der Waals surface area contributed by atoms with E-state index in [1.807, 2.05) is 0 Å². The van der Waals surface area contributed by atoms with Crippen LogP contribution in [0.4, 0.5) is 0 Å². The molecule has 0 radical (unpaired) electrons. The molecule has 1 fully saturated rings. The first-order valence-corrected chi connectivity index (χ1v) is 7.98. The molecule has 0 unspecified atom stereocenters. The lowest BCUT2D eigenvalue weighted by Crippen LogP contribution is -2.39. The fraction of sp³-hybridized carbons (Fsp3) is 0.500. The van der Waals surface area contributed by atoms with Crippen molar-refractivity contribution in [3.05, 3.63) is 30.2 Å². The summed E-state index contributed by atoms with van der Waals surface area (Å²) in [5, 5.41) is 7.15. The molecular weight excluding hydrogens is 310 g/mol. The van der Waals surface area contributed by atoms with Crippen molar-refractivity contribution in [2.24, 2.45) is 7.05 Å². The number of carbonyl (C=O) groups excluding carboxylic acids is 1. The van der Waals surface area contributed by atoms with Gasteiger partial charge in [0.25, 0.3) is 5.91 Å². The van der Waals surface area contributed by atoms with Crippen LogP contribution in [0.3, 0.4) is 0 Å². The van der Waals surface area contributed by atoms with Crippen molar-refractivity contribution in [1.82, 2.24) is 25.1 Å². The van der Waals surface area contributed by atoms with Gasteiger partial charge in [-0.3, -0.25) is 9.48 Å². The van der Waals surface area contributed by atoms with Crippen molar-refractivity contribution in [2.45, 2.75) is 37.8 Å². The van der Waals surface area contributed by atoms with Gasteiger partial charge in [0.15, 0.2) is 0 Å². The molecule has 1 aliphatic carbocycles. The highest BCUT2D eigenvalue weighted by atomic mass is 16.5. The maximum absolute atomic E-state index is 12.4. The normalized spacial score (nSPS) is 20.4. The zero-order valence-corrected chi connectivity index (χ0v) is 13.8. The number of aryl methyl sites for hydroxylation is 1. The number of carbonyl (C=O) groups is 1. The van der Waals surface area contributed by atoms with Gasteiger partial charge < -0.3 is 14.8 Å². The van der Waals surface area contributed by atoms with Crippen LogP contribution in [0.5, 0.6) is 11.9 Å². The predicted octanol–water partition coefficient (Wildman–Crippen LogP) is 1.34. The van der Waals surface area contributed by atoms with E-state index >= 15 is 0 Å². The lowest BCUT2D eigenvalue weighted by molar-refractivity contribution is 0.0882. The Bertz CT molecular complexity index is 680. The molecule has 0 spiro atoms. The third-order valence-electron chi connectivity index (χ3n) is 4.06. The molecule has 0 saturated heterocycles. The quantitative estimate of drug-likeness (QED) is 0.889. The number of ether oxygens (including phenoxy) is 2. The number of hydrogen-bond donors (Lipinski definition) is 1. The Morgan fingerprint density at radius 1 is 1.25 bits per heavy atom. The lowest BCUT2D eigenvalue weighted by Gasteiger charge is -2.28. The van der Waals surface area contributed by atoms with E-state index in [0.717, 1.165) is 25.7 Å². The van der Waals surface area contributed by atoms with Gasteiger partial charge in [-0.15, -0.1) is 5.10 Å². The number of amides is 1. The maximum Gasteiger partial charge on any atom is 0.316 e. The third-order valence-corrected chi connectivity index (χ3v) is 4.06. The van der Waals surface area contributed by atoms with Crippen LogP contribution in [0.15, 0.2) is 24.7 Å². The molecule has 2 heterocycles. The van der Waals surface area contributed by atoms with E-state index in [9.17, 15) is 4.79 Å². The van der Waals surface area contributed by atoms with Crippen molar-refractivity contribution in [3.63, 3.8) is 0 Å². The van der Waals surface area contributed by atoms with Crippen LogP contribution in [0.2, 0.25) is 0 Å². The van der Waals surface area contributed by atoms with Crippen molar-refractivity contribution in [3.8, 4) is 11.9 Å². The average molecular weight is 331 g/mol. The highest BCUT2D eigenvalue weighted by molar-refractivity contribution is 5.96. The first-order chi connectivity index (χ1) is 11.7. The zero-order valence-electron chi connectivity index (χ0n) is 13.8. The summed E-state index contributed by atoms with van der Waals surface area (Å²) in [6.45, 7) is 0. The molecule has 8 nitrogen and oxygen atoms in total. The van der Waals surface area contributed by atoms with Crippen LogP contribution in [0, 0.1) is 0 Å². The number of hydrogen-bond acceptors (Lipinski definition) is 6. The summed E-state index contributed by atoms with van der Waals surface area (Å²) in [6.07, 6.45) is 8.49. The fourth-order valence-corrected chi connectivity index (χ4v) is 2.86. The largest absolute Gasteiger partial charge is 0.479 e. The van der Waals surface area contributed by atoms with Crippen LogP contribution in [0.1, 0.15) is 36.0 Å². The molecule has 8 heteroatoms. The molecule has 2 aromatic heterocycles. The van der Waals surface area contributed by atoms with Gasteiger partial charge in [-0.25, -0.2) is 9.97 Å². The van der Waals surface area contributed by atoms with Gasteiger partial charge in [0.2, 0.25) is 5.88 Å². The Morgan fingerprint density at radius 2 is 1.96 bits per heavy atom. The minimum atomic E-state index is -0.157. The summed E-state index contributed by atoms with van der Waals surface area (Å²) in [4.78, 5) is 20.5. The Hall–Kier alpha value is -2.64. The standard InChI is InChI=1S/C16H21N5O3/c1-21-10-13(15(20-21)23-2)14(22)19-11-4-6-12(7-5-11)24-16-17-8-3-9-18-16/h3,8-12H,4-7H2,1-2H3,(H,19,22). The summed E-state index contributed by atoms with van der Waals surface area (Å²) in [6, 6.07) is 2.29. The molecule has 0 bridgehead atoms. The molecule has 1 saturated carbocycles. The second-order valence-corrected chi connectivity index (χ2v) is 5.82. The molecule has 128 valence electrons.